The quantitative estimate of drug-likeness (QED) is 0.933. The molecule has 1 heterocycles. The SMILES string of the molecule is CCc1ccc(N[C@H](C)C(=O)N2CCc3ccccc32)cc1. The first-order valence-electron chi connectivity index (χ1n) is 7.94. The van der Waals surface area contributed by atoms with Gasteiger partial charge in [-0.1, -0.05) is 37.3 Å². The van der Waals surface area contributed by atoms with E-state index in [0.717, 1.165) is 30.8 Å². The Bertz CT molecular complexity index is 663. The van der Waals surface area contributed by atoms with Gasteiger partial charge in [0.25, 0.3) is 0 Å². The largest absolute Gasteiger partial charge is 0.374 e. The fraction of sp³-hybridized carbons (Fsp3) is 0.316. The van der Waals surface area contributed by atoms with Gasteiger partial charge in [0.15, 0.2) is 0 Å². The molecular weight excluding hydrogens is 272 g/mol. The second-order valence-electron chi connectivity index (χ2n) is 5.79. The third-order valence-corrected chi connectivity index (χ3v) is 4.27. The first-order chi connectivity index (χ1) is 10.7. The van der Waals surface area contributed by atoms with Crippen molar-refractivity contribution in [2.24, 2.45) is 0 Å². The summed E-state index contributed by atoms with van der Waals surface area (Å²) in [6, 6.07) is 16.2. The van der Waals surface area contributed by atoms with Crippen LogP contribution in [0.3, 0.4) is 0 Å². The molecule has 0 unspecified atom stereocenters. The molecule has 3 heteroatoms. The van der Waals surface area contributed by atoms with Crippen molar-refractivity contribution >= 4 is 17.3 Å². The minimum Gasteiger partial charge on any atom is -0.374 e. The molecule has 3 rings (SSSR count). The van der Waals surface area contributed by atoms with Crippen LogP contribution in [0.25, 0.3) is 0 Å². The Morgan fingerprint density at radius 3 is 2.64 bits per heavy atom. The van der Waals surface area contributed by atoms with Crippen LogP contribution < -0.4 is 10.2 Å². The van der Waals surface area contributed by atoms with Crippen LogP contribution in [0.15, 0.2) is 48.5 Å². The molecule has 1 N–H and O–H groups in total. The molecule has 1 aliphatic rings. The maximum absolute atomic E-state index is 12.7. The van der Waals surface area contributed by atoms with Crippen molar-refractivity contribution < 1.29 is 4.79 Å². The first-order valence-corrected chi connectivity index (χ1v) is 7.94. The van der Waals surface area contributed by atoms with Crippen LogP contribution in [0, 0.1) is 0 Å². The van der Waals surface area contributed by atoms with Gasteiger partial charge in [-0.05, 0) is 49.1 Å². The van der Waals surface area contributed by atoms with E-state index in [0.29, 0.717) is 0 Å². The van der Waals surface area contributed by atoms with Crippen LogP contribution in [0.1, 0.15) is 25.0 Å². The summed E-state index contributed by atoms with van der Waals surface area (Å²) in [5, 5.41) is 3.31. The van der Waals surface area contributed by atoms with Crippen molar-refractivity contribution in [1.29, 1.82) is 0 Å². The highest BCUT2D eigenvalue weighted by molar-refractivity contribution is 6.00. The lowest BCUT2D eigenvalue weighted by Crippen LogP contribution is -2.40. The molecule has 1 atom stereocenters. The number of rotatable bonds is 4. The summed E-state index contributed by atoms with van der Waals surface area (Å²) in [6.45, 7) is 4.84. The summed E-state index contributed by atoms with van der Waals surface area (Å²) in [4.78, 5) is 14.6. The smallest absolute Gasteiger partial charge is 0.249 e. The third-order valence-electron chi connectivity index (χ3n) is 4.27. The van der Waals surface area contributed by atoms with E-state index in [4.69, 9.17) is 0 Å². The van der Waals surface area contributed by atoms with E-state index in [1.165, 1.54) is 11.1 Å². The molecule has 0 bridgehead atoms. The number of carbonyl (C=O) groups excluding carboxylic acids is 1. The number of hydrogen-bond donors (Lipinski definition) is 1. The fourth-order valence-corrected chi connectivity index (χ4v) is 2.95. The molecule has 0 spiro atoms. The second-order valence-corrected chi connectivity index (χ2v) is 5.79. The Morgan fingerprint density at radius 1 is 1.18 bits per heavy atom. The van der Waals surface area contributed by atoms with Crippen LogP contribution in [-0.4, -0.2) is 18.5 Å². The highest BCUT2D eigenvalue weighted by Gasteiger charge is 2.27. The number of aryl methyl sites for hydroxylation is 1. The molecule has 22 heavy (non-hydrogen) atoms. The van der Waals surface area contributed by atoms with Gasteiger partial charge in [0.1, 0.15) is 6.04 Å². The summed E-state index contributed by atoms with van der Waals surface area (Å²) in [6.07, 6.45) is 1.97. The molecule has 2 aromatic rings. The van der Waals surface area contributed by atoms with Crippen LogP contribution >= 0.6 is 0 Å². The molecule has 1 amide bonds. The van der Waals surface area contributed by atoms with E-state index < -0.39 is 0 Å². The van der Waals surface area contributed by atoms with Crippen molar-refractivity contribution in [2.45, 2.75) is 32.7 Å². The Labute approximate surface area is 132 Å². The van der Waals surface area contributed by atoms with E-state index in [2.05, 4.69) is 30.4 Å². The average molecular weight is 294 g/mol. The molecule has 0 saturated carbocycles. The molecule has 0 radical (unpaired) electrons. The van der Waals surface area contributed by atoms with E-state index in [-0.39, 0.29) is 11.9 Å². The molecule has 0 aliphatic carbocycles. The summed E-state index contributed by atoms with van der Waals surface area (Å²) < 4.78 is 0. The third kappa shape index (κ3) is 2.84. The van der Waals surface area contributed by atoms with Gasteiger partial charge in [0.2, 0.25) is 5.91 Å². The Kier molecular flexibility index (Phi) is 4.14. The maximum Gasteiger partial charge on any atom is 0.249 e. The predicted molar refractivity (Wildman–Crippen MR) is 91.4 cm³/mol. The lowest BCUT2D eigenvalue weighted by Gasteiger charge is -2.23. The zero-order valence-electron chi connectivity index (χ0n) is 13.2. The Morgan fingerprint density at radius 2 is 1.91 bits per heavy atom. The molecule has 3 nitrogen and oxygen atoms in total. The number of anilines is 2. The van der Waals surface area contributed by atoms with Crippen molar-refractivity contribution in [1.82, 2.24) is 0 Å². The average Bonchev–Trinajstić information content (AvgIpc) is 2.99. The monoisotopic (exact) mass is 294 g/mol. The number of benzene rings is 2. The van der Waals surface area contributed by atoms with Crippen LogP contribution in [0.5, 0.6) is 0 Å². The van der Waals surface area contributed by atoms with Gasteiger partial charge in [0.05, 0.1) is 0 Å². The number of fused-ring (bicyclic) bond motifs is 1. The zero-order chi connectivity index (χ0) is 15.5. The first kappa shape index (κ1) is 14.6. The molecule has 1 aliphatic heterocycles. The number of carbonyl (C=O) groups is 1. The lowest BCUT2D eigenvalue weighted by molar-refractivity contribution is -0.118. The van der Waals surface area contributed by atoms with Gasteiger partial charge in [-0.15, -0.1) is 0 Å². The fourth-order valence-electron chi connectivity index (χ4n) is 2.95. The van der Waals surface area contributed by atoms with Gasteiger partial charge in [-0.3, -0.25) is 4.79 Å². The standard InChI is InChI=1S/C19H22N2O/c1-3-15-8-10-17(11-9-15)20-14(2)19(22)21-13-12-16-6-4-5-7-18(16)21/h4-11,14,20H,3,12-13H2,1-2H3/t14-/m1/s1. The van der Waals surface area contributed by atoms with E-state index in [1.807, 2.05) is 42.2 Å². The van der Waals surface area contributed by atoms with Crippen LogP contribution in [-0.2, 0) is 17.6 Å². The van der Waals surface area contributed by atoms with Gasteiger partial charge in [0, 0.05) is 17.9 Å². The van der Waals surface area contributed by atoms with Crippen molar-refractivity contribution in [3.05, 3.63) is 59.7 Å². The summed E-state index contributed by atoms with van der Waals surface area (Å²) in [5.41, 5.74) is 4.61. The van der Waals surface area contributed by atoms with Crippen LogP contribution in [0.2, 0.25) is 0 Å². The van der Waals surface area contributed by atoms with Crippen LogP contribution in [0.4, 0.5) is 11.4 Å². The highest BCUT2D eigenvalue weighted by atomic mass is 16.2. The molecular formula is C19H22N2O. The van der Waals surface area contributed by atoms with Crippen molar-refractivity contribution in [2.75, 3.05) is 16.8 Å². The summed E-state index contributed by atoms with van der Waals surface area (Å²) in [7, 11) is 0. The van der Waals surface area contributed by atoms with E-state index >= 15 is 0 Å². The minimum absolute atomic E-state index is 0.129. The number of hydrogen-bond acceptors (Lipinski definition) is 2. The van der Waals surface area contributed by atoms with Gasteiger partial charge >= 0.3 is 0 Å². The topological polar surface area (TPSA) is 32.3 Å². The van der Waals surface area contributed by atoms with E-state index in [1.54, 1.807) is 0 Å². The van der Waals surface area contributed by atoms with Crippen molar-refractivity contribution in [3.63, 3.8) is 0 Å². The zero-order valence-corrected chi connectivity index (χ0v) is 13.2. The van der Waals surface area contributed by atoms with Crippen molar-refractivity contribution in [3.8, 4) is 0 Å². The molecule has 0 saturated heterocycles. The maximum atomic E-state index is 12.7. The summed E-state index contributed by atoms with van der Waals surface area (Å²) in [5.74, 6) is 0.129. The normalized spacial score (nSPS) is 14.5. The molecule has 0 aromatic heterocycles. The number of nitrogens with one attached hydrogen (secondary N) is 1. The highest BCUT2D eigenvalue weighted by Crippen LogP contribution is 2.28. The molecule has 0 fully saturated rings. The molecule has 2 aromatic carbocycles. The van der Waals surface area contributed by atoms with Gasteiger partial charge < -0.3 is 10.2 Å². The van der Waals surface area contributed by atoms with Gasteiger partial charge in [-0.2, -0.15) is 0 Å². The number of para-hydroxylation sites is 1. The Balaban J connectivity index is 1.70. The Hall–Kier alpha value is -2.29. The lowest BCUT2D eigenvalue weighted by atomic mass is 10.1. The summed E-state index contributed by atoms with van der Waals surface area (Å²) >= 11 is 0. The molecule has 114 valence electrons. The van der Waals surface area contributed by atoms with E-state index in [9.17, 15) is 4.79 Å². The minimum atomic E-state index is -0.237. The second kappa shape index (κ2) is 6.22. The number of nitrogens with zero attached hydrogens (tertiary/aromatic N) is 1. The predicted octanol–water partition coefficient (Wildman–Crippen LogP) is 3.64. The number of amides is 1. The van der Waals surface area contributed by atoms with Gasteiger partial charge in [-0.25, -0.2) is 0 Å².